The van der Waals surface area contributed by atoms with Crippen LogP contribution in [-0.2, 0) is 10.0 Å². The predicted molar refractivity (Wildman–Crippen MR) is 67.1 cm³/mol. The number of aliphatic hydroxyl groups excluding tert-OH is 1. The first-order valence-corrected chi connectivity index (χ1v) is 7.38. The summed E-state index contributed by atoms with van der Waals surface area (Å²) in [6, 6.07) is 1.94. The molecule has 0 unspecified atom stereocenters. The molecule has 0 aromatic heterocycles. The second-order valence-electron chi connectivity index (χ2n) is 4.46. The number of rotatable bonds is 4. The number of nitrogens with zero attached hydrogens (tertiary/aromatic N) is 2. The highest BCUT2D eigenvalue weighted by Gasteiger charge is 2.35. The van der Waals surface area contributed by atoms with E-state index < -0.39 is 32.5 Å². The summed E-state index contributed by atoms with van der Waals surface area (Å²) in [5.74, 6) is -1.20. The molecule has 0 bridgehead atoms. The summed E-state index contributed by atoms with van der Waals surface area (Å²) in [5, 5.41) is 19.7. The van der Waals surface area contributed by atoms with Crippen LogP contribution in [0.3, 0.4) is 0 Å². The van der Waals surface area contributed by atoms with Crippen molar-refractivity contribution in [3.05, 3.63) is 34.1 Å². The summed E-state index contributed by atoms with van der Waals surface area (Å²) in [6.45, 7) is -0.0686. The number of benzene rings is 1. The Balaban J connectivity index is 2.40. The fourth-order valence-corrected chi connectivity index (χ4v) is 3.94. The average Bonchev–Trinajstić information content (AvgIpc) is 2.87. The molecule has 110 valence electrons. The summed E-state index contributed by atoms with van der Waals surface area (Å²) in [7, 11) is -3.95. The summed E-state index contributed by atoms with van der Waals surface area (Å²) in [4.78, 5) is 9.25. The van der Waals surface area contributed by atoms with Crippen LogP contribution in [0.1, 0.15) is 12.8 Å². The molecule has 2 rings (SSSR count). The SMILES string of the molecule is O=[N+]([O-])c1ccc(S(=O)(=O)N2CCC[C@@H]2CO)cc1F. The van der Waals surface area contributed by atoms with Gasteiger partial charge in [-0.2, -0.15) is 8.70 Å². The van der Waals surface area contributed by atoms with Crippen LogP contribution in [0, 0.1) is 15.9 Å². The first-order chi connectivity index (χ1) is 9.37. The molecule has 9 heteroatoms. The maximum Gasteiger partial charge on any atom is 0.304 e. The van der Waals surface area contributed by atoms with E-state index in [9.17, 15) is 22.9 Å². The highest BCUT2D eigenvalue weighted by molar-refractivity contribution is 7.89. The third kappa shape index (κ3) is 2.51. The first-order valence-electron chi connectivity index (χ1n) is 5.94. The molecule has 1 aliphatic rings. The molecule has 1 aromatic rings. The summed E-state index contributed by atoms with van der Waals surface area (Å²) < 4.78 is 39.3. The predicted octanol–water partition coefficient (Wildman–Crippen LogP) is 0.879. The highest BCUT2D eigenvalue weighted by atomic mass is 32.2. The molecule has 20 heavy (non-hydrogen) atoms. The molecule has 0 aliphatic carbocycles. The number of aliphatic hydroxyl groups is 1. The van der Waals surface area contributed by atoms with E-state index in [4.69, 9.17) is 5.11 Å². The Morgan fingerprint density at radius 3 is 2.75 bits per heavy atom. The fourth-order valence-electron chi connectivity index (χ4n) is 2.24. The second-order valence-corrected chi connectivity index (χ2v) is 6.36. The van der Waals surface area contributed by atoms with Gasteiger partial charge in [0.1, 0.15) is 0 Å². The summed E-state index contributed by atoms with van der Waals surface area (Å²) in [6.07, 6.45) is 1.14. The smallest absolute Gasteiger partial charge is 0.304 e. The van der Waals surface area contributed by atoms with Gasteiger partial charge in [0.15, 0.2) is 0 Å². The minimum absolute atomic E-state index is 0.242. The maximum atomic E-state index is 13.5. The number of nitro benzene ring substituents is 1. The normalized spacial score (nSPS) is 20.2. The van der Waals surface area contributed by atoms with E-state index in [0.29, 0.717) is 18.9 Å². The van der Waals surface area contributed by atoms with Gasteiger partial charge < -0.3 is 5.11 Å². The van der Waals surface area contributed by atoms with Crippen LogP contribution in [0.15, 0.2) is 23.1 Å². The van der Waals surface area contributed by atoms with Gasteiger partial charge in [-0.1, -0.05) is 0 Å². The lowest BCUT2D eigenvalue weighted by molar-refractivity contribution is -0.387. The molecule has 1 aliphatic heterocycles. The van der Waals surface area contributed by atoms with E-state index in [-0.39, 0.29) is 18.0 Å². The Labute approximate surface area is 114 Å². The van der Waals surface area contributed by atoms with Gasteiger partial charge >= 0.3 is 5.69 Å². The highest BCUT2D eigenvalue weighted by Crippen LogP contribution is 2.28. The second kappa shape index (κ2) is 5.43. The van der Waals surface area contributed by atoms with Crippen molar-refractivity contribution in [3.63, 3.8) is 0 Å². The van der Waals surface area contributed by atoms with E-state index in [0.717, 1.165) is 16.4 Å². The molecule has 1 heterocycles. The van der Waals surface area contributed by atoms with Crippen molar-refractivity contribution >= 4 is 15.7 Å². The van der Waals surface area contributed by atoms with Gasteiger partial charge in [-0.15, -0.1) is 0 Å². The molecule has 0 spiro atoms. The van der Waals surface area contributed by atoms with E-state index in [1.165, 1.54) is 0 Å². The standard InChI is InChI=1S/C11H13FN2O5S/c12-10-6-9(3-4-11(10)14(16)17)20(18,19)13-5-1-2-8(13)7-15/h3-4,6,8,15H,1-2,5,7H2/t8-/m1/s1. The molecule has 7 nitrogen and oxygen atoms in total. The molecule has 1 N–H and O–H groups in total. The Morgan fingerprint density at radius 1 is 1.50 bits per heavy atom. The average molecular weight is 304 g/mol. The molecule has 1 fully saturated rings. The van der Waals surface area contributed by atoms with Crippen molar-refractivity contribution in [2.45, 2.75) is 23.8 Å². The Hall–Kier alpha value is -1.58. The van der Waals surface area contributed by atoms with E-state index in [1.54, 1.807) is 0 Å². The minimum atomic E-state index is -3.95. The number of hydrogen-bond donors (Lipinski definition) is 1. The Bertz CT molecular complexity index is 634. The molecular weight excluding hydrogens is 291 g/mol. The third-order valence-electron chi connectivity index (χ3n) is 3.26. The number of hydrogen-bond acceptors (Lipinski definition) is 5. The summed E-state index contributed by atoms with van der Waals surface area (Å²) >= 11 is 0. The van der Waals surface area contributed by atoms with Gasteiger partial charge in [0, 0.05) is 24.7 Å². The largest absolute Gasteiger partial charge is 0.395 e. The van der Waals surface area contributed by atoms with Crippen molar-refractivity contribution in [1.29, 1.82) is 0 Å². The van der Waals surface area contributed by atoms with Crippen LogP contribution in [0.4, 0.5) is 10.1 Å². The maximum absolute atomic E-state index is 13.5. The van der Waals surface area contributed by atoms with Crippen LogP contribution < -0.4 is 0 Å². The Morgan fingerprint density at radius 2 is 2.20 bits per heavy atom. The van der Waals surface area contributed by atoms with Crippen LogP contribution in [-0.4, -0.2) is 41.9 Å². The Kier molecular flexibility index (Phi) is 4.02. The number of sulfonamides is 1. The van der Waals surface area contributed by atoms with Crippen LogP contribution in [0.2, 0.25) is 0 Å². The van der Waals surface area contributed by atoms with Gasteiger partial charge in [-0.3, -0.25) is 10.1 Å². The van der Waals surface area contributed by atoms with E-state index >= 15 is 0 Å². The van der Waals surface area contributed by atoms with Gasteiger partial charge in [0.2, 0.25) is 15.8 Å². The van der Waals surface area contributed by atoms with Crippen molar-refractivity contribution in [3.8, 4) is 0 Å². The summed E-state index contributed by atoms with van der Waals surface area (Å²) in [5.41, 5.74) is -0.774. The zero-order valence-corrected chi connectivity index (χ0v) is 11.2. The third-order valence-corrected chi connectivity index (χ3v) is 5.20. The molecular formula is C11H13FN2O5S. The van der Waals surface area contributed by atoms with Crippen LogP contribution in [0.5, 0.6) is 0 Å². The number of halogens is 1. The molecule has 1 atom stereocenters. The van der Waals surface area contributed by atoms with E-state index in [2.05, 4.69) is 0 Å². The van der Waals surface area contributed by atoms with Gasteiger partial charge in [-0.25, -0.2) is 8.42 Å². The van der Waals surface area contributed by atoms with Crippen molar-refractivity contribution in [2.75, 3.05) is 13.2 Å². The van der Waals surface area contributed by atoms with Crippen LogP contribution >= 0.6 is 0 Å². The topological polar surface area (TPSA) is 101 Å². The molecule has 0 saturated carbocycles. The lowest BCUT2D eigenvalue weighted by atomic mass is 10.2. The zero-order chi connectivity index (χ0) is 14.9. The lowest BCUT2D eigenvalue weighted by Gasteiger charge is -2.22. The lowest BCUT2D eigenvalue weighted by Crippen LogP contribution is -2.37. The van der Waals surface area contributed by atoms with Gasteiger partial charge in [-0.05, 0) is 18.9 Å². The van der Waals surface area contributed by atoms with Gasteiger partial charge in [0.25, 0.3) is 0 Å². The first kappa shape index (κ1) is 14.8. The van der Waals surface area contributed by atoms with Crippen molar-refractivity contribution in [1.82, 2.24) is 4.31 Å². The van der Waals surface area contributed by atoms with E-state index in [1.807, 2.05) is 0 Å². The molecule has 0 amide bonds. The monoisotopic (exact) mass is 304 g/mol. The molecule has 1 aromatic carbocycles. The van der Waals surface area contributed by atoms with Crippen molar-refractivity contribution in [2.24, 2.45) is 0 Å². The number of nitro groups is 1. The fraction of sp³-hybridized carbons (Fsp3) is 0.455. The van der Waals surface area contributed by atoms with Crippen molar-refractivity contribution < 1.29 is 22.8 Å². The molecule has 0 radical (unpaired) electrons. The molecule has 1 saturated heterocycles. The van der Waals surface area contributed by atoms with Gasteiger partial charge in [0.05, 0.1) is 16.4 Å². The zero-order valence-electron chi connectivity index (χ0n) is 10.4. The van der Waals surface area contributed by atoms with Crippen LogP contribution in [0.25, 0.3) is 0 Å². The quantitative estimate of drug-likeness (QED) is 0.657. The minimum Gasteiger partial charge on any atom is -0.395 e.